The highest BCUT2D eigenvalue weighted by Gasteiger charge is 2.21. The van der Waals surface area contributed by atoms with Crippen molar-refractivity contribution in [3.05, 3.63) is 0 Å². The van der Waals surface area contributed by atoms with E-state index >= 15 is 0 Å². The standard InChI is InChI=1S/C13H26N2O3S/c1-10(9-19(3,17)18)14-11(2)13(16)15-12-7-5-4-6-8-12/h10-12,14H,4-9H2,1-3H3,(H,15,16). The Bertz CT molecular complexity index is 389. The molecule has 0 spiro atoms. The number of carbonyl (C=O) groups is 1. The van der Waals surface area contributed by atoms with E-state index in [0.29, 0.717) is 0 Å². The molecule has 1 aliphatic carbocycles. The summed E-state index contributed by atoms with van der Waals surface area (Å²) in [5.41, 5.74) is 0. The lowest BCUT2D eigenvalue weighted by atomic mass is 9.95. The minimum Gasteiger partial charge on any atom is -0.352 e. The van der Waals surface area contributed by atoms with E-state index in [1.54, 1.807) is 13.8 Å². The van der Waals surface area contributed by atoms with Crippen LogP contribution in [0, 0.1) is 0 Å². The van der Waals surface area contributed by atoms with Crippen molar-refractivity contribution in [1.82, 2.24) is 10.6 Å². The quantitative estimate of drug-likeness (QED) is 0.760. The first-order valence-electron chi connectivity index (χ1n) is 7.02. The third kappa shape index (κ3) is 6.92. The minimum atomic E-state index is -3.02. The Morgan fingerprint density at radius 3 is 2.32 bits per heavy atom. The van der Waals surface area contributed by atoms with Crippen LogP contribution in [0.15, 0.2) is 0 Å². The summed E-state index contributed by atoms with van der Waals surface area (Å²) in [6.07, 6.45) is 6.92. The lowest BCUT2D eigenvalue weighted by Crippen LogP contribution is -2.50. The summed E-state index contributed by atoms with van der Waals surface area (Å²) in [5, 5.41) is 6.07. The van der Waals surface area contributed by atoms with Gasteiger partial charge in [-0.3, -0.25) is 4.79 Å². The molecule has 0 radical (unpaired) electrons. The summed E-state index contributed by atoms with van der Waals surface area (Å²) in [6.45, 7) is 3.56. The Morgan fingerprint density at radius 1 is 1.21 bits per heavy atom. The van der Waals surface area contributed by atoms with Crippen molar-refractivity contribution in [3.8, 4) is 0 Å². The van der Waals surface area contributed by atoms with Crippen LogP contribution in [0.25, 0.3) is 0 Å². The predicted molar refractivity (Wildman–Crippen MR) is 76.8 cm³/mol. The molecular formula is C13H26N2O3S. The first-order chi connectivity index (χ1) is 8.78. The second-order valence-corrected chi connectivity index (χ2v) is 7.91. The number of nitrogens with one attached hydrogen (secondary N) is 2. The summed E-state index contributed by atoms with van der Waals surface area (Å²) in [5.74, 6) is 0.0147. The highest BCUT2D eigenvalue weighted by atomic mass is 32.2. The first-order valence-corrected chi connectivity index (χ1v) is 9.08. The first kappa shape index (κ1) is 16.4. The van der Waals surface area contributed by atoms with Crippen molar-refractivity contribution in [2.24, 2.45) is 0 Å². The number of hydrogen-bond acceptors (Lipinski definition) is 4. The van der Waals surface area contributed by atoms with Crippen molar-refractivity contribution < 1.29 is 13.2 Å². The average molecular weight is 290 g/mol. The van der Waals surface area contributed by atoms with Gasteiger partial charge in [-0.2, -0.15) is 0 Å². The number of carbonyl (C=O) groups excluding carboxylic acids is 1. The van der Waals surface area contributed by atoms with Crippen molar-refractivity contribution in [3.63, 3.8) is 0 Å². The highest BCUT2D eigenvalue weighted by Crippen LogP contribution is 2.17. The third-order valence-corrected chi connectivity index (χ3v) is 4.54. The van der Waals surface area contributed by atoms with Gasteiger partial charge in [0, 0.05) is 18.3 Å². The molecule has 19 heavy (non-hydrogen) atoms. The third-order valence-electron chi connectivity index (χ3n) is 3.43. The van der Waals surface area contributed by atoms with E-state index in [2.05, 4.69) is 10.6 Å². The molecule has 0 aromatic heterocycles. The van der Waals surface area contributed by atoms with Gasteiger partial charge in [-0.05, 0) is 26.7 Å². The molecule has 2 atom stereocenters. The van der Waals surface area contributed by atoms with Gasteiger partial charge < -0.3 is 10.6 Å². The van der Waals surface area contributed by atoms with Crippen LogP contribution in [-0.4, -0.2) is 44.5 Å². The fourth-order valence-electron chi connectivity index (χ4n) is 2.58. The lowest BCUT2D eigenvalue weighted by Gasteiger charge is -2.26. The molecule has 0 heterocycles. The topological polar surface area (TPSA) is 75.3 Å². The van der Waals surface area contributed by atoms with Crippen molar-refractivity contribution >= 4 is 15.7 Å². The molecule has 0 aromatic carbocycles. The van der Waals surface area contributed by atoms with Crippen LogP contribution >= 0.6 is 0 Å². The van der Waals surface area contributed by atoms with Crippen LogP contribution in [0.4, 0.5) is 0 Å². The molecule has 0 bridgehead atoms. The van der Waals surface area contributed by atoms with E-state index in [1.807, 2.05) is 0 Å². The molecule has 6 heteroatoms. The molecule has 1 fully saturated rings. The maximum atomic E-state index is 12.0. The molecule has 1 rings (SSSR count). The normalized spacial score (nSPS) is 20.8. The van der Waals surface area contributed by atoms with Gasteiger partial charge in [-0.1, -0.05) is 19.3 Å². The molecule has 1 amide bonds. The molecule has 2 unspecified atom stereocenters. The SMILES string of the molecule is CC(CS(C)(=O)=O)NC(C)C(=O)NC1CCCCC1. The van der Waals surface area contributed by atoms with Gasteiger partial charge in [0.2, 0.25) is 5.91 Å². The van der Waals surface area contributed by atoms with Crippen molar-refractivity contribution in [2.45, 2.75) is 64.1 Å². The van der Waals surface area contributed by atoms with Gasteiger partial charge in [0.15, 0.2) is 0 Å². The van der Waals surface area contributed by atoms with Crippen LogP contribution in [0.3, 0.4) is 0 Å². The Labute approximate surface area is 116 Å². The molecule has 0 aromatic rings. The second kappa shape index (κ2) is 7.24. The zero-order chi connectivity index (χ0) is 14.5. The van der Waals surface area contributed by atoms with E-state index < -0.39 is 9.84 Å². The summed E-state index contributed by atoms with van der Waals surface area (Å²) < 4.78 is 22.3. The van der Waals surface area contributed by atoms with Crippen molar-refractivity contribution in [1.29, 1.82) is 0 Å². The van der Waals surface area contributed by atoms with Crippen molar-refractivity contribution in [2.75, 3.05) is 12.0 Å². The molecule has 1 saturated carbocycles. The fourth-order valence-corrected chi connectivity index (χ4v) is 3.58. The number of hydrogen-bond donors (Lipinski definition) is 2. The van der Waals surface area contributed by atoms with Crippen LogP contribution in [0.2, 0.25) is 0 Å². The average Bonchev–Trinajstić information content (AvgIpc) is 2.27. The molecule has 1 aliphatic rings. The van der Waals surface area contributed by atoms with Crippen LogP contribution in [0.5, 0.6) is 0 Å². The Kier molecular flexibility index (Phi) is 6.26. The molecule has 2 N–H and O–H groups in total. The summed E-state index contributed by atoms with van der Waals surface area (Å²) >= 11 is 0. The Morgan fingerprint density at radius 2 is 1.79 bits per heavy atom. The number of amides is 1. The molecule has 0 aliphatic heterocycles. The Balaban J connectivity index is 2.35. The predicted octanol–water partition coefficient (Wildman–Crippen LogP) is 0.846. The van der Waals surface area contributed by atoms with E-state index in [-0.39, 0.29) is 29.8 Å². The molecule has 5 nitrogen and oxygen atoms in total. The van der Waals surface area contributed by atoms with E-state index in [9.17, 15) is 13.2 Å². The summed E-state index contributed by atoms with van der Waals surface area (Å²) in [4.78, 5) is 12.0. The molecule has 112 valence electrons. The van der Waals surface area contributed by atoms with Gasteiger partial charge >= 0.3 is 0 Å². The van der Waals surface area contributed by atoms with Crippen LogP contribution in [-0.2, 0) is 14.6 Å². The van der Waals surface area contributed by atoms with Gasteiger partial charge in [-0.25, -0.2) is 8.42 Å². The van der Waals surface area contributed by atoms with Crippen LogP contribution in [0.1, 0.15) is 46.0 Å². The van der Waals surface area contributed by atoms with E-state index in [1.165, 1.54) is 25.5 Å². The fraction of sp³-hybridized carbons (Fsp3) is 0.923. The van der Waals surface area contributed by atoms with Gasteiger partial charge in [0.1, 0.15) is 9.84 Å². The van der Waals surface area contributed by atoms with Gasteiger partial charge in [0.25, 0.3) is 0 Å². The molecular weight excluding hydrogens is 264 g/mol. The summed E-state index contributed by atoms with van der Waals surface area (Å²) in [7, 11) is -3.02. The zero-order valence-corrected chi connectivity index (χ0v) is 12.9. The Hall–Kier alpha value is -0.620. The minimum absolute atomic E-state index is 0.0350. The maximum absolute atomic E-state index is 12.0. The van der Waals surface area contributed by atoms with Gasteiger partial charge in [0.05, 0.1) is 11.8 Å². The maximum Gasteiger partial charge on any atom is 0.237 e. The van der Waals surface area contributed by atoms with Crippen LogP contribution < -0.4 is 10.6 Å². The number of rotatable bonds is 6. The summed E-state index contributed by atoms with van der Waals surface area (Å²) in [6, 6.07) is -0.295. The highest BCUT2D eigenvalue weighted by molar-refractivity contribution is 7.90. The molecule has 0 saturated heterocycles. The van der Waals surface area contributed by atoms with E-state index in [4.69, 9.17) is 0 Å². The lowest BCUT2D eigenvalue weighted by molar-refractivity contribution is -0.123. The smallest absolute Gasteiger partial charge is 0.237 e. The van der Waals surface area contributed by atoms with E-state index in [0.717, 1.165) is 12.8 Å². The zero-order valence-electron chi connectivity index (χ0n) is 12.1. The van der Waals surface area contributed by atoms with Gasteiger partial charge in [-0.15, -0.1) is 0 Å². The number of sulfone groups is 1. The monoisotopic (exact) mass is 290 g/mol. The largest absolute Gasteiger partial charge is 0.352 e. The second-order valence-electron chi connectivity index (χ2n) is 5.73.